The Hall–Kier alpha value is -8.30. The largest absolute Gasteiger partial charge is 0.310 e. The van der Waals surface area contributed by atoms with E-state index in [1.165, 1.54) is 97.7 Å². The van der Waals surface area contributed by atoms with E-state index in [9.17, 15) is 0 Å². The fourth-order valence-corrected chi connectivity index (χ4v) is 12.0. The smallest absolute Gasteiger partial charge is 0.0714 e. The molecular formula is C65H43NS. The van der Waals surface area contributed by atoms with E-state index in [1.807, 2.05) is 11.3 Å². The second kappa shape index (κ2) is 16.0. The van der Waals surface area contributed by atoms with Crippen molar-refractivity contribution in [3.05, 3.63) is 283 Å². The van der Waals surface area contributed by atoms with E-state index in [1.54, 1.807) is 0 Å². The van der Waals surface area contributed by atoms with Crippen LogP contribution in [0.25, 0.3) is 75.5 Å². The van der Waals surface area contributed by atoms with Gasteiger partial charge in [-0.05, 0) is 121 Å². The fraction of sp³-hybridized carbons (Fsp3) is 0.0154. The van der Waals surface area contributed by atoms with E-state index in [4.69, 9.17) is 0 Å². The summed E-state index contributed by atoms with van der Waals surface area (Å²) in [6.07, 6.45) is 0. The summed E-state index contributed by atoms with van der Waals surface area (Å²) in [5.41, 5.74) is 17.6. The Morgan fingerprint density at radius 1 is 0.299 bits per heavy atom. The van der Waals surface area contributed by atoms with Crippen LogP contribution in [0.3, 0.4) is 0 Å². The maximum atomic E-state index is 2.47. The number of hydrogen-bond donors (Lipinski definition) is 0. The van der Waals surface area contributed by atoms with Crippen LogP contribution >= 0.6 is 11.3 Å². The first-order valence-electron chi connectivity index (χ1n) is 23.1. The molecule has 67 heavy (non-hydrogen) atoms. The molecule has 0 aliphatic heterocycles. The van der Waals surface area contributed by atoms with Crippen molar-refractivity contribution < 1.29 is 0 Å². The summed E-state index contributed by atoms with van der Waals surface area (Å²) in [6, 6.07) is 96.4. The predicted molar refractivity (Wildman–Crippen MR) is 285 cm³/mol. The summed E-state index contributed by atoms with van der Waals surface area (Å²) in [7, 11) is 0. The zero-order valence-corrected chi connectivity index (χ0v) is 37.5. The Morgan fingerprint density at radius 3 is 1.60 bits per heavy atom. The van der Waals surface area contributed by atoms with Gasteiger partial charge in [0.05, 0.1) is 11.1 Å². The molecule has 0 saturated heterocycles. The first-order valence-corrected chi connectivity index (χ1v) is 23.9. The highest BCUT2D eigenvalue weighted by Crippen LogP contribution is 2.57. The first-order chi connectivity index (χ1) is 33.2. The van der Waals surface area contributed by atoms with Crippen molar-refractivity contribution >= 4 is 59.3 Å². The average Bonchev–Trinajstić information content (AvgIpc) is 3.93. The number of thiophene rings is 1. The van der Waals surface area contributed by atoms with Crippen molar-refractivity contribution in [2.24, 2.45) is 0 Å². The Labute approximate surface area is 395 Å². The van der Waals surface area contributed by atoms with Gasteiger partial charge in [0.2, 0.25) is 0 Å². The quantitative estimate of drug-likeness (QED) is 0.147. The Balaban J connectivity index is 0.975. The minimum atomic E-state index is -0.523. The molecule has 1 heterocycles. The van der Waals surface area contributed by atoms with E-state index < -0.39 is 5.41 Å². The highest BCUT2D eigenvalue weighted by molar-refractivity contribution is 7.25. The van der Waals surface area contributed by atoms with Crippen molar-refractivity contribution in [3.8, 4) is 44.5 Å². The first kappa shape index (κ1) is 39.1. The molecule has 2 heteroatoms. The van der Waals surface area contributed by atoms with Crippen LogP contribution in [-0.4, -0.2) is 0 Å². The lowest BCUT2D eigenvalue weighted by Crippen LogP contribution is -2.28. The fourth-order valence-electron chi connectivity index (χ4n) is 10.8. The van der Waals surface area contributed by atoms with Crippen molar-refractivity contribution in [2.75, 3.05) is 4.90 Å². The summed E-state index contributed by atoms with van der Waals surface area (Å²) < 4.78 is 2.61. The predicted octanol–water partition coefficient (Wildman–Crippen LogP) is 18.0. The molecule has 1 aliphatic carbocycles. The van der Waals surface area contributed by atoms with Crippen LogP contribution in [0.1, 0.15) is 22.3 Å². The molecule has 11 aromatic carbocycles. The number of rotatable bonds is 8. The summed E-state index contributed by atoms with van der Waals surface area (Å²) in [6.45, 7) is 0. The van der Waals surface area contributed by atoms with Crippen LogP contribution < -0.4 is 4.90 Å². The van der Waals surface area contributed by atoms with E-state index in [-0.39, 0.29) is 0 Å². The molecule has 0 atom stereocenters. The van der Waals surface area contributed by atoms with Gasteiger partial charge in [-0.25, -0.2) is 0 Å². The van der Waals surface area contributed by atoms with Gasteiger partial charge >= 0.3 is 0 Å². The molecule has 0 N–H and O–H groups in total. The zero-order chi connectivity index (χ0) is 44.3. The maximum Gasteiger partial charge on any atom is 0.0714 e. The molecule has 1 aliphatic rings. The summed E-state index contributed by atoms with van der Waals surface area (Å²) in [4.78, 5) is 2.47. The third-order valence-electron chi connectivity index (χ3n) is 14.0. The van der Waals surface area contributed by atoms with Gasteiger partial charge in [-0.2, -0.15) is 0 Å². The molecule has 1 aromatic heterocycles. The maximum absolute atomic E-state index is 2.47. The van der Waals surface area contributed by atoms with Gasteiger partial charge < -0.3 is 4.90 Å². The molecule has 0 spiro atoms. The van der Waals surface area contributed by atoms with E-state index >= 15 is 0 Å². The Bertz CT molecular complexity index is 3750. The minimum Gasteiger partial charge on any atom is -0.310 e. The third kappa shape index (κ3) is 6.44. The highest BCUT2D eigenvalue weighted by atomic mass is 32.1. The lowest BCUT2D eigenvalue weighted by atomic mass is 9.67. The van der Waals surface area contributed by atoms with Crippen LogP contribution in [-0.2, 0) is 5.41 Å². The van der Waals surface area contributed by atoms with E-state index in [0.29, 0.717) is 0 Å². The number of fused-ring (bicyclic) bond motifs is 7. The molecule has 314 valence electrons. The highest BCUT2D eigenvalue weighted by Gasteiger charge is 2.46. The van der Waals surface area contributed by atoms with Gasteiger partial charge in [-0.15, -0.1) is 11.3 Å². The normalized spacial score (nSPS) is 12.6. The number of para-hydroxylation sites is 1. The second-order valence-corrected chi connectivity index (χ2v) is 18.7. The van der Waals surface area contributed by atoms with Crippen LogP contribution in [0.4, 0.5) is 17.1 Å². The van der Waals surface area contributed by atoms with Crippen LogP contribution in [0.2, 0.25) is 0 Å². The Kier molecular flexibility index (Phi) is 9.33. The monoisotopic (exact) mass is 869 g/mol. The molecule has 0 radical (unpaired) electrons. The lowest BCUT2D eigenvalue weighted by molar-refractivity contribution is 0.768. The summed E-state index contributed by atoms with van der Waals surface area (Å²) in [5.74, 6) is 0. The zero-order valence-electron chi connectivity index (χ0n) is 36.7. The summed E-state index contributed by atoms with van der Waals surface area (Å²) >= 11 is 1.87. The third-order valence-corrected chi connectivity index (χ3v) is 15.1. The van der Waals surface area contributed by atoms with Gasteiger partial charge in [0.25, 0.3) is 0 Å². The van der Waals surface area contributed by atoms with Gasteiger partial charge in [-0.1, -0.05) is 212 Å². The molecule has 0 saturated carbocycles. The molecule has 0 unspecified atom stereocenters. The van der Waals surface area contributed by atoms with Gasteiger partial charge in [0.1, 0.15) is 0 Å². The average molecular weight is 870 g/mol. The van der Waals surface area contributed by atoms with Crippen molar-refractivity contribution in [3.63, 3.8) is 0 Å². The molecule has 0 fully saturated rings. The second-order valence-electron chi connectivity index (χ2n) is 17.6. The van der Waals surface area contributed by atoms with Gasteiger partial charge in [0.15, 0.2) is 0 Å². The van der Waals surface area contributed by atoms with Crippen molar-refractivity contribution in [1.82, 2.24) is 0 Å². The van der Waals surface area contributed by atoms with Gasteiger partial charge in [0, 0.05) is 37.1 Å². The van der Waals surface area contributed by atoms with Crippen molar-refractivity contribution in [1.29, 1.82) is 0 Å². The molecule has 12 aromatic rings. The number of nitrogens with zero attached hydrogens (tertiary/aromatic N) is 1. The van der Waals surface area contributed by atoms with Crippen LogP contribution in [0, 0.1) is 0 Å². The van der Waals surface area contributed by atoms with Crippen molar-refractivity contribution in [2.45, 2.75) is 5.41 Å². The number of anilines is 3. The van der Waals surface area contributed by atoms with Crippen LogP contribution in [0.5, 0.6) is 0 Å². The number of benzene rings is 11. The van der Waals surface area contributed by atoms with E-state index in [2.05, 4.69) is 266 Å². The lowest BCUT2D eigenvalue weighted by Gasteiger charge is -2.35. The topological polar surface area (TPSA) is 3.24 Å². The molecule has 13 rings (SSSR count). The molecule has 0 bridgehead atoms. The van der Waals surface area contributed by atoms with E-state index in [0.717, 1.165) is 17.1 Å². The summed E-state index contributed by atoms with van der Waals surface area (Å²) in [5, 5.41) is 5.13. The molecular weight excluding hydrogens is 827 g/mol. The van der Waals surface area contributed by atoms with Gasteiger partial charge in [-0.3, -0.25) is 0 Å². The SMILES string of the molecule is c1ccc(C2(c3ccccc3)c3ccccc3-c3ccc(N(c4ccc(-c5ccc(-c6ccc7ccccc7c6)cc5)cc4)c4ccccc4-c4ccc5c(c4)sc4ccccc45)cc32)cc1. The molecule has 0 amide bonds. The Morgan fingerprint density at radius 2 is 0.836 bits per heavy atom. The number of hydrogen-bond acceptors (Lipinski definition) is 2. The standard InChI is InChI=1S/C65H43NS/c1-3-17-51(18-4-1)65(52-19-5-2-6-20-52)60-24-12-9-22-56(60)57-40-38-54(43-61(57)65)66(62-25-13-10-21-55(62)50-35-39-59-58-23-11-14-26-63(58)67-64(59)42-50)53-36-33-46(34-37-53)45-27-29-47(30-28-45)49-32-31-44-15-7-8-16-48(44)41-49/h1-43H. The molecule has 1 nitrogen and oxygen atoms in total. The van der Waals surface area contributed by atoms with Crippen LogP contribution in [0.15, 0.2) is 261 Å². The minimum absolute atomic E-state index is 0.523.